The predicted molar refractivity (Wildman–Crippen MR) is 119 cm³/mol. The van der Waals surface area contributed by atoms with Gasteiger partial charge in [0.1, 0.15) is 27.2 Å². The molecule has 5 nitrogen and oxygen atoms in total. The lowest BCUT2D eigenvalue weighted by Gasteiger charge is -2.18. The van der Waals surface area contributed by atoms with Gasteiger partial charge in [-0.2, -0.15) is 0 Å². The molecule has 1 amide bonds. The number of anilines is 1. The molecule has 0 spiro atoms. The first-order chi connectivity index (χ1) is 14.3. The molecule has 4 rings (SSSR count). The first-order valence-corrected chi connectivity index (χ1v) is 10.9. The van der Waals surface area contributed by atoms with Gasteiger partial charge < -0.3 is 10.1 Å². The van der Waals surface area contributed by atoms with Gasteiger partial charge in [0.2, 0.25) is 5.91 Å². The average molecular weight is 422 g/mol. The van der Waals surface area contributed by atoms with E-state index in [1.165, 1.54) is 11.8 Å². The number of nitrogens with one attached hydrogen (secondary N) is 1. The summed E-state index contributed by atoms with van der Waals surface area (Å²) in [7, 11) is 0. The van der Waals surface area contributed by atoms with Gasteiger partial charge >= 0.3 is 0 Å². The minimum absolute atomic E-state index is 0.129. The van der Waals surface area contributed by atoms with Crippen molar-refractivity contribution in [3.05, 3.63) is 77.9 Å². The van der Waals surface area contributed by atoms with E-state index in [2.05, 4.69) is 15.3 Å². The number of hydrogen-bond donors (Lipinski definition) is 1. The maximum Gasteiger partial charge on any atom is 0.242 e. The number of nitrogens with zero attached hydrogens (tertiary/aromatic N) is 2. The molecule has 0 saturated heterocycles. The van der Waals surface area contributed by atoms with Crippen molar-refractivity contribution in [1.29, 1.82) is 0 Å². The SMILES string of the molecule is CCOc1ccccc1NC(=O)C(Sc1ncnc2sccc12)c1ccccc1. The smallest absolute Gasteiger partial charge is 0.242 e. The molecule has 0 aliphatic carbocycles. The maximum atomic E-state index is 13.3. The van der Waals surface area contributed by atoms with Crippen LogP contribution in [-0.4, -0.2) is 22.5 Å². The standard InChI is InChI=1S/C22H19N3O2S2/c1-2-27-18-11-7-6-10-17(18)25-20(26)19(15-8-4-3-5-9-15)29-22-16-12-13-28-21(16)23-14-24-22/h3-14,19H,2H2,1H3,(H,25,26). The second kappa shape index (κ2) is 9.07. The number of para-hydroxylation sites is 2. The molecule has 29 heavy (non-hydrogen) atoms. The predicted octanol–water partition coefficient (Wildman–Crippen LogP) is 5.56. The molecule has 0 fully saturated rings. The molecule has 1 unspecified atom stereocenters. The van der Waals surface area contributed by atoms with Gasteiger partial charge in [0, 0.05) is 5.39 Å². The topological polar surface area (TPSA) is 64.1 Å². The number of rotatable bonds is 7. The Balaban J connectivity index is 1.66. The summed E-state index contributed by atoms with van der Waals surface area (Å²) in [6.45, 7) is 2.45. The van der Waals surface area contributed by atoms with Gasteiger partial charge in [0.15, 0.2) is 0 Å². The molecule has 7 heteroatoms. The van der Waals surface area contributed by atoms with E-state index in [1.54, 1.807) is 17.7 Å². The van der Waals surface area contributed by atoms with Gasteiger partial charge in [-0.25, -0.2) is 9.97 Å². The quantitative estimate of drug-likeness (QED) is 0.312. The molecule has 0 bridgehead atoms. The third-order valence-corrected chi connectivity index (χ3v) is 6.33. The molecule has 0 radical (unpaired) electrons. The lowest BCUT2D eigenvalue weighted by Crippen LogP contribution is -2.19. The normalized spacial score (nSPS) is 11.9. The highest BCUT2D eigenvalue weighted by Gasteiger charge is 2.25. The Morgan fingerprint density at radius 3 is 2.72 bits per heavy atom. The Bertz CT molecular complexity index is 1120. The van der Waals surface area contributed by atoms with Crippen LogP contribution in [0.15, 0.2) is 77.4 Å². The molecule has 1 N–H and O–H groups in total. The Labute approximate surface area is 177 Å². The number of carbonyl (C=O) groups is 1. The van der Waals surface area contributed by atoms with Crippen molar-refractivity contribution in [3.8, 4) is 5.75 Å². The zero-order chi connectivity index (χ0) is 20.1. The highest BCUT2D eigenvalue weighted by atomic mass is 32.2. The zero-order valence-corrected chi connectivity index (χ0v) is 17.4. The second-order valence-electron chi connectivity index (χ2n) is 6.15. The molecule has 2 aromatic carbocycles. The Morgan fingerprint density at radius 1 is 1.10 bits per heavy atom. The fraction of sp³-hybridized carbons (Fsp3) is 0.136. The van der Waals surface area contributed by atoms with E-state index in [4.69, 9.17) is 4.74 Å². The van der Waals surface area contributed by atoms with Crippen LogP contribution in [0.1, 0.15) is 17.7 Å². The summed E-state index contributed by atoms with van der Waals surface area (Å²) in [6.07, 6.45) is 1.55. The summed E-state index contributed by atoms with van der Waals surface area (Å²) >= 11 is 2.99. The fourth-order valence-electron chi connectivity index (χ4n) is 2.92. The molecular weight excluding hydrogens is 402 g/mol. The van der Waals surface area contributed by atoms with Gasteiger partial charge in [-0.3, -0.25) is 4.79 Å². The molecule has 2 heterocycles. The van der Waals surface area contributed by atoms with E-state index in [0.717, 1.165) is 20.8 Å². The molecule has 0 aliphatic heterocycles. The fourth-order valence-corrected chi connectivity index (χ4v) is 4.80. The number of hydrogen-bond acceptors (Lipinski definition) is 6. The zero-order valence-electron chi connectivity index (χ0n) is 15.7. The first-order valence-electron chi connectivity index (χ1n) is 9.18. The van der Waals surface area contributed by atoms with Crippen molar-refractivity contribution >= 4 is 44.9 Å². The third kappa shape index (κ3) is 4.41. The van der Waals surface area contributed by atoms with Gasteiger partial charge in [-0.15, -0.1) is 11.3 Å². The van der Waals surface area contributed by atoms with E-state index < -0.39 is 5.25 Å². The largest absolute Gasteiger partial charge is 0.492 e. The molecule has 1 atom stereocenters. The minimum Gasteiger partial charge on any atom is -0.492 e. The van der Waals surface area contributed by atoms with Crippen molar-refractivity contribution in [3.63, 3.8) is 0 Å². The Morgan fingerprint density at radius 2 is 1.90 bits per heavy atom. The van der Waals surface area contributed by atoms with Crippen LogP contribution in [0.25, 0.3) is 10.2 Å². The van der Waals surface area contributed by atoms with E-state index >= 15 is 0 Å². The second-order valence-corrected chi connectivity index (χ2v) is 8.13. The van der Waals surface area contributed by atoms with E-state index in [1.807, 2.05) is 73.0 Å². The number of carbonyl (C=O) groups excluding carboxylic acids is 1. The first kappa shape index (κ1) is 19.4. The van der Waals surface area contributed by atoms with E-state index in [9.17, 15) is 4.79 Å². The third-order valence-electron chi connectivity index (χ3n) is 4.24. The van der Waals surface area contributed by atoms with Crippen LogP contribution in [0.5, 0.6) is 5.75 Å². The van der Waals surface area contributed by atoms with Crippen LogP contribution in [0.2, 0.25) is 0 Å². The molecule has 0 saturated carbocycles. The molecular formula is C22H19N3O2S2. The minimum atomic E-state index is -0.469. The van der Waals surface area contributed by atoms with Crippen LogP contribution in [0, 0.1) is 0 Å². The molecule has 0 aliphatic rings. The van der Waals surface area contributed by atoms with Crippen LogP contribution in [-0.2, 0) is 4.79 Å². The van der Waals surface area contributed by atoms with Crippen molar-refractivity contribution in [2.75, 3.05) is 11.9 Å². The van der Waals surface area contributed by atoms with E-state index in [-0.39, 0.29) is 5.91 Å². The van der Waals surface area contributed by atoms with Crippen LogP contribution >= 0.6 is 23.1 Å². The molecule has 2 aromatic heterocycles. The summed E-state index contributed by atoms with van der Waals surface area (Å²) in [4.78, 5) is 23.0. The monoisotopic (exact) mass is 421 g/mol. The van der Waals surface area contributed by atoms with Gasteiger partial charge in [0.05, 0.1) is 12.3 Å². The highest BCUT2D eigenvalue weighted by molar-refractivity contribution is 8.00. The highest BCUT2D eigenvalue weighted by Crippen LogP contribution is 2.39. The van der Waals surface area contributed by atoms with Crippen LogP contribution < -0.4 is 10.1 Å². The summed E-state index contributed by atoms with van der Waals surface area (Å²) in [6, 6.07) is 19.2. The summed E-state index contributed by atoms with van der Waals surface area (Å²) < 4.78 is 5.65. The van der Waals surface area contributed by atoms with Crippen LogP contribution in [0.4, 0.5) is 5.69 Å². The summed E-state index contributed by atoms with van der Waals surface area (Å²) in [5, 5.41) is 6.30. The lowest BCUT2D eigenvalue weighted by atomic mass is 10.1. The van der Waals surface area contributed by atoms with Crippen molar-refractivity contribution in [2.45, 2.75) is 17.2 Å². The number of amides is 1. The van der Waals surface area contributed by atoms with E-state index in [0.29, 0.717) is 18.0 Å². The summed E-state index contributed by atoms with van der Waals surface area (Å²) in [5.41, 5.74) is 1.56. The lowest BCUT2D eigenvalue weighted by molar-refractivity contribution is -0.115. The van der Waals surface area contributed by atoms with Crippen molar-refractivity contribution < 1.29 is 9.53 Å². The maximum absolute atomic E-state index is 13.3. The number of benzene rings is 2. The van der Waals surface area contributed by atoms with Crippen molar-refractivity contribution in [2.24, 2.45) is 0 Å². The number of ether oxygens (including phenoxy) is 1. The Kier molecular flexibility index (Phi) is 6.07. The number of thiophene rings is 1. The van der Waals surface area contributed by atoms with Crippen molar-refractivity contribution in [1.82, 2.24) is 9.97 Å². The number of thioether (sulfide) groups is 1. The Hall–Kier alpha value is -2.90. The van der Waals surface area contributed by atoms with Gasteiger partial charge in [0.25, 0.3) is 0 Å². The van der Waals surface area contributed by atoms with Crippen LogP contribution in [0.3, 0.4) is 0 Å². The van der Waals surface area contributed by atoms with Gasteiger partial charge in [-0.05, 0) is 36.1 Å². The average Bonchev–Trinajstić information content (AvgIpc) is 3.24. The number of aromatic nitrogens is 2. The van der Waals surface area contributed by atoms with Gasteiger partial charge in [-0.1, -0.05) is 54.2 Å². The molecule has 4 aromatic rings. The summed E-state index contributed by atoms with van der Waals surface area (Å²) in [5.74, 6) is 0.526. The number of fused-ring (bicyclic) bond motifs is 1. The molecule has 146 valence electrons.